The Morgan fingerprint density at radius 1 is 1.19 bits per heavy atom. The van der Waals surface area contributed by atoms with E-state index in [9.17, 15) is 0 Å². The van der Waals surface area contributed by atoms with Crippen LogP contribution in [0.5, 0.6) is 0 Å². The van der Waals surface area contributed by atoms with Crippen molar-refractivity contribution in [2.75, 3.05) is 0 Å². The van der Waals surface area contributed by atoms with Crippen molar-refractivity contribution in [2.24, 2.45) is 0 Å². The van der Waals surface area contributed by atoms with Gasteiger partial charge in [-0.1, -0.05) is 82.5 Å². The molecule has 0 bridgehead atoms. The second kappa shape index (κ2) is 8.72. The molecular weight excluding hydrogens is 192 g/mol. The highest BCUT2D eigenvalue weighted by Crippen LogP contribution is 2.22. The molecule has 0 aliphatic rings. The number of allylic oxidation sites excluding steroid dienone is 4. The summed E-state index contributed by atoms with van der Waals surface area (Å²) in [7, 11) is 0. The van der Waals surface area contributed by atoms with Gasteiger partial charge in [-0.2, -0.15) is 0 Å². The van der Waals surface area contributed by atoms with Crippen LogP contribution in [0, 0.1) is 0 Å². The molecule has 0 amide bonds. The maximum absolute atomic E-state index is 4.03. The molecule has 0 nitrogen and oxygen atoms in total. The molecule has 0 saturated heterocycles. The van der Waals surface area contributed by atoms with Crippen LogP contribution in [0.3, 0.4) is 0 Å². The molecule has 1 aromatic carbocycles. The fourth-order valence-electron chi connectivity index (χ4n) is 1.29. The highest BCUT2D eigenvalue weighted by atomic mass is 14.1. The quantitative estimate of drug-likeness (QED) is 0.611. The van der Waals surface area contributed by atoms with Gasteiger partial charge in [0.2, 0.25) is 0 Å². The first-order valence-electron chi connectivity index (χ1n) is 5.78. The lowest BCUT2D eigenvalue weighted by Crippen LogP contribution is -1.93. The summed E-state index contributed by atoms with van der Waals surface area (Å²) in [6, 6.07) is 10.4. The van der Waals surface area contributed by atoms with Crippen molar-refractivity contribution in [1.82, 2.24) is 0 Å². The molecule has 0 N–H and O–H groups in total. The summed E-state index contributed by atoms with van der Waals surface area (Å²) in [5.74, 6) is 0.368. The third kappa shape index (κ3) is 4.79. The summed E-state index contributed by atoms with van der Waals surface area (Å²) in [5, 5.41) is 0. The summed E-state index contributed by atoms with van der Waals surface area (Å²) in [5.41, 5.74) is 2.40. The van der Waals surface area contributed by atoms with Crippen molar-refractivity contribution in [3.05, 3.63) is 72.9 Å². The molecule has 0 heteroatoms. The van der Waals surface area contributed by atoms with Crippen LogP contribution >= 0.6 is 0 Å². The van der Waals surface area contributed by atoms with Crippen LogP contribution in [0.25, 0.3) is 0 Å². The maximum Gasteiger partial charge on any atom is 0.00551 e. The van der Waals surface area contributed by atoms with Gasteiger partial charge in [-0.05, 0) is 11.1 Å². The Balaban J connectivity index is 0.00000106. The van der Waals surface area contributed by atoms with Crippen LogP contribution in [0.4, 0.5) is 0 Å². The molecule has 1 aromatic rings. The largest absolute Gasteiger partial charge is 0.0991 e. The van der Waals surface area contributed by atoms with E-state index >= 15 is 0 Å². The van der Waals surface area contributed by atoms with Crippen LogP contribution in [0.15, 0.2) is 67.3 Å². The number of benzene rings is 1. The van der Waals surface area contributed by atoms with Gasteiger partial charge in [-0.3, -0.25) is 0 Å². The van der Waals surface area contributed by atoms with Crippen molar-refractivity contribution < 1.29 is 0 Å². The topological polar surface area (TPSA) is 0 Å². The molecule has 0 spiro atoms. The van der Waals surface area contributed by atoms with Gasteiger partial charge in [0, 0.05) is 5.92 Å². The Hall–Kier alpha value is -1.56. The summed E-state index contributed by atoms with van der Waals surface area (Å²) >= 11 is 0. The second-order valence-corrected chi connectivity index (χ2v) is 3.30. The van der Waals surface area contributed by atoms with Crippen LogP contribution < -0.4 is 0 Å². The van der Waals surface area contributed by atoms with Gasteiger partial charge in [0.1, 0.15) is 0 Å². The van der Waals surface area contributed by atoms with Gasteiger partial charge in [0.25, 0.3) is 0 Å². The molecule has 0 aliphatic heterocycles. The van der Waals surface area contributed by atoms with Crippen LogP contribution in [0.1, 0.15) is 32.3 Å². The zero-order valence-corrected chi connectivity index (χ0v) is 10.6. The minimum atomic E-state index is 0.368. The van der Waals surface area contributed by atoms with Crippen LogP contribution in [-0.2, 0) is 0 Å². The van der Waals surface area contributed by atoms with E-state index in [1.54, 1.807) is 6.08 Å². The predicted molar refractivity (Wildman–Crippen MR) is 74.7 cm³/mol. The summed E-state index contributed by atoms with van der Waals surface area (Å²) in [4.78, 5) is 0. The Kier molecular flexibility index (Phi) is 7.87. The van der Waals surface area contributed by atoms with Gasteiger partial charge >= 0.3 is 0 Å². The Bertz CT molecular complexity index is 330. The van der Waals surface area contributed by atoms with E-state index in [4.69, 9.17) is 0 Å². The van der Waals surface area contributed by atoms with Gasteiger partial charge in [0.05, 0.1) is 0 Å². The highest BCUT2D eigenvalue weighted by Gasteiger charge is 2.05. The molecule has 0 heterocycles. The number of rotatable bonds is 4. The third-order valence-corrected chi connectivity index (χ3v) is 2.30. The van der Waals surface area contributed by atoms with Gasteiger partial charge in [-0.15, -0.1) is 0 Å². The van der Waals surface area contributed by atoms with Crippen molar-refractivity contribution in [1.29, 1.82) is 0 Å². The van der Waals surface area contributed by atoms with Crippen molar-refractivity contribution in [3.8, 4) is 0 Å². The minimum absolute atomic E-state index is 0.368. The van der Waals surface area contributed by atoms with Crippen LogP contribution in [-0.4, -0.2) is 0 Å². The molecular formula is C16H22. The third-order valence-electron chi connectivity index (χ3n) is 2.30. The first-order valence-corrected chi connectivity index (χ1v) is 5.78. The highest BCUT2D eigenvalue weighted by molar-refractivity contribution is 5.33. The molecule has 0 aliphatic carbocycles. The van der Waals surface area contributed by atoms with Gasteiger partial charge < -0.3 is 0 Å². The van der Waals surface area contributed by atoms with Crippen molar-refractivity contribution >= 4 is 0 Å². The summed E-state index contributed by atoms with van der Waals surface area (Å²) in [6.45, 7) is 13.8. The molecule has 0 radical (unpaired) electrons. The van der Waals surface area contributed by atoms with Gasteiger partial charge in [-0.25, -0.2) is 0 Å². The molecule has 0 fully saturated rings. The van der Waals surface area contributed by atoms with Crippen LogP contribution in [0.2, 0.25) is 0 Å². The molecule has 0 saturated carbocycles. The molecule has 1 rings (SSSR count). The average Bonchev–Trinajstić information content (AvgIpc) is 2.38. The second-order valence-electron chi connectivity index (χ2n) is 3.30. The lowest BCUT2D eigenvalue weighted by Gasteiger charge is -2.11. The SMILES string of the molecule is C=C/C=C\C(=C)C(C)c1ccccc1.CC. The van der Waals surface area contributed by atoms with Crippen molar-refractivity contribution in [3.63, 3.8) is 0 Å². The van der Waals surface area contributed by atoms with E-state index in [-0.39, 0.29) is 0 Å². The van der Waals surface area contributed by atoms with E-state index in [0.717, 1.165) is 5.57 Å². The summed E-state index contributed by atoms with van der Waals surface area (Å²) < 4.78 is 0. The lowest BCUT2D eigenvalue weighted by molar-refractivity contribution is 0.926. The Morgan fingerprint density at radius 3 is 2.25 bits per heavy atom. The van der Waals surface area contributed by atoms with E-state index in [0.29, 0.717) is 5.92 Å². The number of hydrogen-bond donors (Lipinski definition) is 0. The maximum atomic E-state index is 4.03. The van der Waals surface area contributed by atoms with Crippen molar-refractivity contribution in [2.45, 2.75) is 26.7 Å². The average molecular weight is 214 g/mol. The zero-order chi connectivity index (χ0) is 12.4. The minimum Gasteiger partial charge on any atom is -0.0991 e. The van der Waals surface area contributed by atoms with E-state index in [1.165, 1.54) is 5.56 Å². The monoisotopic (exact) mass is 214 g/mol. The standard InChI is InChI=1S/C14H16.C2H6/c1-4-5-9-12(2)13(3)14-10-7-6-8-11-14;1-2/h4-11,13H,1-2H2,3H3;1-2H3/b9-5-;. The van der Waals surface area contributed by atoms with E-state index in [2.05, 4.69) is 44.3 Å². The molecule has 0 aromatic heterocycles. The Morgan fingerprint density at radius 2 is 1.75 bits per heavy atom. The predicted octanol–water partition coefficient (Wildman–Crippen LogP) is 5.11. The first kappa shape index (κ1) is 14.4. The van der Waals surface area contributed by atoms with E-state index < -0.39 is 0 Å². The first-order chi connectivity index (χ1) is 7.75. The summed E-state index contributed by atoms with van der Waals surface area (Å²) in [6.07, 6.45) is 5.69. The lowest BCUT2D eigenvalue weighted by atomic mass is 9.94. The molecule has 1 atom stereocenters. The Labute approximate surface area is 100 Å². The molecule has 86 valence electrons. The normalized spacial score (nSPS) is 11.4. The smallest absolute Gasteiger partial charge is 0.00551 e. The van der Waals surface area contributed by atoms with E-state index in [1.807, 2.05) is 32.1 Å². The fourth-order valence-corrected chi connectivity index (χ4v) is 1.29. The molecule has 1 unspecified atom stereocenters. The van der Waals surface area contributed by atoms with Gasteiger partial charge in [0.15, 0.2) is 0 Å². The fraction of sp³-hybridized carbons (Fsp3) is 0.250. The zero-order valence-electron chi connectivity index (χ0n) is 10.6. The number of hydrogen-bond acceptors (Lipinski definition) is 0. The molecule has 16 heavy (non-hydrogen) atoms.